The molecule has 0 saturated heterocycles. The number of pyridine rings is 1. The highest BCUT2D eigenvalue weighted by Gasteiger charge is 2.19. The zero-order valence-corrected chi connectivity index (χ0v) is 12.6. The first-order chi connectivity index (χ1) is 10.2. The zero-order chi connectivity index (χ0) is 14.8. The standard InChI is InChI=1S/C16H15FN2OS/c1-18-16(11-4-3-5-13(20-2)15(11)17)10-8-14-12(19-9-10)6-7-21-14/h3-9,16,18H,1-2H3. The van der Waals surface area contributed by atoms with Gasteiger partial charge in [-0.1, -0.05) is 12.1 Å². The molecule has 2 heterocycles. The number of ether oxygens (including phenoxy) is 1. The normalized spacial score (nSPS) is 12.5. The third-order valence-electron chi connectivity index (χ3n) is 3.47. The van der Waals surface area contributed by atoms with Gasteiger partial charge in [-0.2, -0.15) is 0 Å². The van der Waals surface area contributed by atoms with E-state index in [0.717, 1.165) is 15.8 Å². The summed E-state index contributed by atoms with van der Waals surface area (Å²) in [4.78, 5) is 4.42. The first-order valence-corrected chi connectivity index (χ1v) is 7.45. The summed E-state index contributed by atoms with van der Waals surface area (Å²) in [5, 5.41) is 5.15. The minimum absolute atomic E-state index is 0.248. The van der Waals surface area contributed by atoms with Crippen LogP contribution < -0.4 is 10.1 Å². The van der Waals surface area contributed by atoms with Crippen molar-refractivity contribution in [1.29, 1.82) is 0 Å². The topological polar surface area (TPSA) is 34.2 Å². The van der Waals surface area contributed by atoms with Gasteiger partial charge in [0, 0.05) is 11.8 Å². The fourth-order valence-corrected chi connectivity index (χ4v) is 3.22. The number of halogens is 1. The van der Waals surface area contributed by atoms with Gasteiger partial charge in [0.1, 0.15) is 0 Å². The number of nitrogens with zero attached hydrogens (tertiary/aromatic N) is 1. The van der Waals surface area contributed by atoms with Gasteiger partial charge < -0.3 is 10.1 Å². The summed E-state index contributed by atoms with van der Waals surface area (Å²) < 4.78 is 20.6. The van der Waals surface area contributed by atoms with E-state index in [9.17, 15) is 4.39 Å². The van der Waals surface area contributed by atoms with Crippen molar-refractivity contribution in [1.82, 2.24) is 10.3 Å². The second-order valence-electron chi connectivity index (χ2n) is 4.66. The molecule has 0 radical (unpaired) electrons. The highest BCUT2D eigenvalue weighted by atomic mass is 32.1. The summed E-state index contributed by atoms with van der Waals surface area (Å²) >= 11 is 1.63. The van der Waals surface area contributed by atoms with Gasteiger partial charge in [0.15, 0.2) is 11.6 Å². The van der Waals surface area contributed by atoms with Crippen LogP contribution in [0.4, 0.5) is 4.39 Å². The maximum absolute atomic E-state index is 14.5. The van der Waals surface area contributed by atoms with E-state index in [-0.39, 0.29) is 17.6 Å². The van der Waals surface area contributed by atoms with Crippen LogP contribution in [0.5, 0.6) is 5.75 Å². The van der Waals surface area contributed by atoms with E-state index < -0.39 is 0 Å². The molecule has 0 fully saturated rings. The molecular weight excluding hydrogens is 287 g/mol. The van der Waals surface area contributed by atoms with Crippen molar-refractivity contribution in [3.05, 3.63) is 58.9 Å². The molecule has 0 bridgehead atoms. The van der Waals surface area contributed by atoms with Crippen molar-refractivity contribution in [3.8, 4) is 5.75 Å². The lowest BCUT2D eigenvalue weighted by Gasteiger charge is -2.18. The molecule has 0 aliphatic rings. The molecule has 3 rings (SSSR count). The number of hydrogen-bond donors (Lipinski definition) is 1. The Morgan fingerprint density at radius 1 is 1.33 bits per heavy atom. The second-order valence-corrected chi connectivity index (χ2v) is 5.61. The van der Waals surface area contributed by atoms with Crippen LogP contribution in [0.1, 0.15) is 17.2 Å². The van der Waals surface area contributed by atoms with Crippen LogP contribution in [0.25, 0.3) is 10.2 Å². The third-order valence-corrected chi connectivity index (χ3v) is 4.32. The molecule has 1 aromatic carbocycles. The van der Waals surface area contributed by atoms with Crippen molar-refractivity contribution >= 4 is 21.6 Å². The Morgan fingerprint density at radius 2 is 2.19 bits per heavy atom. The van der Waals surface area contributed by atoms with Gasteiger partial charge in [0.2, 0.25) is 0 Å². The minimum atomic E-state index is -0.342. The van der Waals surface area contributed by atoms with Crippen molar-refractivity contribution in [2.45, 2.75) is 6.04 Å². The highest BCUT2D eigenvalue weighted by Crippen LogP contribution is 2.30. The van der Waals surface area contributed by atoms with Gasteiger partial charge in [-0.15, -0.1) is 11.3 Å². The van der Waals surface area contributed by atoms with Crippen LogP contribution in [0.2, 0.25) is 0 Å². The number of thiophene rings is 1. The van der Waals surface area contributed by atoms with E-state index in [1.807, 2.05) is 24.6 Å². The second kappa shape index (κ2) is 5.79. The van der Waals surface area contributed by atoms with Gasteiger partial charge in [-0.25, -0.2) is 4.39 Å². The van der Waals surface area contributed by atoms with E-state index >= 15 is 0 Å². The monoisotopic (exact) mass is 302 g/mol. The van der Waals surface area contributed by atoms with Crippen LogP contribution in [0.15, 0.2) is 41.9 Å². The number of rotatable bonds is 4. The summed E-state index contributed by atoms with van der Waals surface area (Å²) in [6, 6.07) is 8.93. The average Bonchev–Trinajstić information content (AvgIpc) is 2.97. The zero-order valence-electron chi connectivity index (χ0n) is 11.8. The maximum Gasteiger partial charge on any atom is 0.170 e. The molecule has 0 aliphatic heterocycles. The molecule has 0 amide bonds. The molecule has 1 unspecified atom stereocenters. The van der Waals surface area contributed by atoms with Crippen molar-refractivity contribution in [3.63, 3.8) is 0 Å². The Hall–Kier alpha value is -1.98. The Bertz CT molecular complexity index is 772. The SMILES string of the molecule is CNC(c1cnc2ccsc2c1)c1cccc(OC)c1F. The Labute approximate surface area is 126 Å². The average molecular weight is 302 g/mol. The summed E-state index contributed by atoms with van der Waals surface area (Å²) in [6.07, 6.45) is 1.79. The van der Waals surface area contributed by atoms with Crippen LogP contribution >= 0.6 is 11.3 Å². The van der Waals surface area contributed by atoms with Crippen LogP contribution in [0.3, 0.4) is 0 Å². The first-order valence-electron chi connectivity index (χ1n) is 6.57. The number of methoxy groups -OCH3 is 1. The molecule has 0 spiro atoms. The predicted molar refractivity (Wildman–Crippen MR) is 83.5 cm³/mol. The lowest BCUT2D eigenvalue weighted by molar-refractivity contribution is 0.382. The molecule has 3 nitrogen and oxygen atoms in total. The lowest BCUT2D eigenvalue weighted by atomic mass is 9.99. The highest BCUT2D eigenvalue weighted by molar-refractivity contribution is 7.17. The minimum Gasteiger partial charge on any atom is -0.494 e. The molecule has 0 saturated carbocycles. The number of fused-ring (bicyclic) bond motifs is 1. The van der Waals surface area contributed by atoms with Gasteiger partial charge in [0.25, 0.3) is 0 Å². The van der Waals surface area contributed by atoms with Crippen LogP contribution in [0, 0.1) is 5.82 Å². The van der Waals surface area contributed by atoms with Crippen molar-refractivity contribution in [2.75, 3.05) is 14.2 Å². The van der Waals surface area contributed by atoms with E-state index in [4.69, 9.17) is 4.74 Å². The molecule has 2 aromatic heterocycles. The molecule has 0 aliphatic carbocycles. The van der Waals surface area contributed by atoms with Gasteiger partial charge >= 0.3 is 0 Å². The quantitative estimate of drug-likeness (QED) is 0.797. The predicted octanol–water partition coefficient (Wildman–Crippen LogP) is 3.75. The largest absolute Gasteiger partial charge is 0.494 e. The van der Waals surface area contributed by atoms with Crippen molar-refractivity contribution < 1.29 is 9.13 Å². The molecular formula is C16H15FN2OS. The molecule has 1 N–H and O–H groups in total. The van der Waals surface area contributed by atoms with Crippen LogP contribution in [-0.4, -0.2) is 19.1 Å². The number of hydrogen-bond acceptors (Lipinski definition) is 4. The fourth-order valence-electron chi connectivity index (χ4n) is 2.43. The van der Waals surface area contributed by atoms with Crippen molar-refractivity contribution in [2.24, 2.45) is 0 Å². The van der Waals surface area contributed by atoms with E-state index in [0.29, 0.717) is 5.56 Å². The summed E-state index contributed by atoms with van der Waals surface area (Å²) in [7, 11) is 3.28. The Morgan fingerprint density at radius 3 is 2.95 bits per heavy atom. The first kappa shape index (κ1) is 14.0. The maximum atomic E-state index is 14.5. The van der Waals surface area contributed by atoms with E-state index in [2.05, 4.69) is 10.3 Å². The Kier molecular flexibility index (Phi) is 3.86. The Balaban J connectivity index is 2.09. The summed E-state index contributed by atoms with van der Waals surface area (Å²) in [5.74, 6) is -0.0939. The van der Waals surface area contributed by atoms with Gasteiger partial charge in [-0.05, 0) is 36.2 Å². The number of benzene rings is 1. The molecule has 108 valence electrons. The number of nitrogens with one attached hydrogen (secondary N) is 1. The molecule has 3 aromatic rings. The molecule has 1 atom stereocenters. The molecule has 5 heteroatoms. The van der Waals surface area contributed by atoms with Crippen LogP contribution in [-0.2, 0) is 0 Å². The summed E-state index contributed by atoms with van der Waals surface area (Å²) in [5.41, 5.74) is 2.44. The fraction of sp³-hybridized carbons (Fsp3) is 0.188. The lowest BCUT2D eigenvalue weighted by Crippen LogP contribution is -2.19. The summed E-state index contributed by atoms with van der Waals surface area (Å²) in [6.45, 7) is 0. The van der Waals surface area contributed by atoms with E-state index in [1.54, 1.807) is 35.7 Å². The molecule has 21 heavy (non-hydrogen) atoms. The van der Waals surface area contributed by atoms with Gasteiger partial charge in [-0.3, -0.25) is 4.98 Å². The van der Waals surface area contributed by atoms with E-state index in [1.165, 1.54) is 7.11 Å². The smallest absolute Gasteiger partial charge is 0.170 e. The van der Waals surface area contributed by atoms with Gasteiger partial charge in [0.05, 0.1) is 23.4 Å². The number of aromatic nitrogens is 1. The third kappa shape index (κ3) is 2.50.